The predicted molar refractivity (Wildman–Crippen MR) is 69.3 cm³/mol. The smallest absolute Gasteiger partial charge is 0.122 e. The van der Waals surface area contributed by atoms with Crippen molar-refractivity contribution in [2.24, 2.45) is 11.8 Å². The third kappa shape index (κ3) is 2.06. The Bertz CT molecular complexity index is 415. The monoisotopic (exact) mass is 231 g/mol. The second-order valence-corrected chi connectivity index (χ2v) is 5.38. The Morgan fingerprint density at radius 1 is 1.47 bits per heavy atom. The predicted octanol–water partition coefficient (Wildman–Crippen LogP) is 2.93. The van der Waals surface area contributed by atoms with E-state index in [-0.39, 0.29) is 0 Å². The Labute approximate surface area is 103 Å². The van der Waals surface area contributed by atoms with Gasteiger partial charge in [-0.3, -0.25) is 0 Å². The van der Waals surface area contributed by atoms with Gasteiger partial charge in [0.15, 0.2) is 0 Å². The zero-order chi connectivity index (χ0) is 11.8. The molecule has 0 bridgehead atoms. The molecule has 1 heterocycles. The van der Waals surface area contributed by atoms with Gasteiger partial charge in [0.1, 0.15) is 5.75 Å². The van der Waals surface area contributed by atoms with Crippen LogP contribution in [0, 0.1) is 11.8 Å². The van der Waals surface area contributed by atoms with Gasteiger partial charge in [-0.15, -0.1) is 0 Å². The molecule has 0 spiro atoms. The van der Waals surface area contributed by atoms with Crippen molar-refractivity contribution in [3.8, 4) is 5.75 Å². The van der Waals surface area contributed by atoms with Crippen molar-refractivity contribution in [3.63, 3.8) is 0 Å². The van der Waals surface area contributed by atoms with Crippen LogP contribution in [0.25, 0.3) is 0 Å². The molecule has 1 aromatic carbocycles. The van der Waals surface area contributed by atoms with Crippen molar-refractivity contribution >= 4 is 0 Å². The summed E-state index contributed by atoms with van der Waals surface area (Å²) in [4.78, 5) is 0. The van der Waals surface area contributed by atoms with Crippen molar-refractivity contribution < 1.29 is 4.74 Å². The van der Waals surface area contributed by atoms with Crippen LogP contribution in [-0.2, 0) is 6.42 Å². The highest BCUT2D eigenvalue weighted by Crippen LogP contribution is 2.47. The molecule has 1 fully saturated rings. The molecule has 3 atom stereocenters. The van der Waals surface area contributed by atoms with Gasteiger partial charge >= 0.3 is 0 Å². The number of hydrogen-bond acceptors (Lipinski definition) is 2. The van der Waals surface area contributed by atoms with Crippen LogP contribution >= 0.6 is 0 Å². The topological polar surface area (TPSA) is 21.3 Å². The molecule has 17 heavy (non-hydrogen) atoms. The molecule has 2 heteroatoms. The Hall–Kier alpha value is -1.02. The minimum atomic E-state index is 0.542. The molecule has 1 aromatic rings. The van der Waals surface area contributed by atoms with Gasteiger partial charge < -0.3 is 10.1 Å². The van der Waals surface area contributed by atoms with E-state index in [4.69, 9.17) is 4.74 Å². The lowest BCUT2D eigenvalue weighted by Crippen LogP contribution is -2.23. The van der Waals surface area contributed by atoms with Crippen LogP contribution in [0.15, 0.2) is 18.2 Å². The molecule has 92 valence electrons. The summed E-state index contributed by atoms with van der Waals surface area (Å²) >= 11 is 0. The molecule has 0 radical (unpaired) electrons. The van der Waals surface area contributed by atoms with E-state index in [1.54, 1.807) is 0 Å². The van der Waals surface area contributed by atoms with Crippen LogP contribution in [0.1, 0.15) is 37.4 Å². The summed E-state index contributed by atoms with van der Waals surface area (Å²) in [5, 5.41) is 3.64. The van der Waals surface area contributed by atoms with Crippen molar-refractivity contribution in [2.75, 3.05) is 13.2 Å². The Morgan fingerprint density at radius 2 is 2.29 bits per heavy atom. The van der Waals surface area contributed by atoms with Gasteiger partial charge in [-0.25, -0.2) is 0 Å². The standard InChI is InChI=1S/C15H21NO/c1-3-16-15(13-8-10(13)2)12-4-5-14-11(9-12)6-7-17-14/h4-5,9-10,13,15-16H,3,6-8H2,1-2H3. The summed E-state index contributed by atoms with van der Waals surface area (Å²) < 4.78 is 5.57. The molecule has 0 saturated heterocycles. The van der Waals surface area contributed by atoms with E-state index >= 15 is 0 Å². The van der Waals surface area contributed by atoms with E-state index in [1.165, 1.54) is 17.5 Å². The summed E-state index contributed by atoms with van der Waals surface area (Å²) in [6.45, 7) is 6.44. The first-order chi connectivity index (χ1) is 8.29. The molecule has 1 aliphatic heterocycles. The van der Waals surface area contributed by atoms with Gasteiger partial charge in [-0.05, 0) is 42.0 Å². The Kier molecular flexibility index (Phi) is 2.83. The highest BCUT2D eigenvalue weighted by atomic mass is 16.5. The van der Waals surface area contributed by atoms with Crippen LogP contribution in [0.2, 0.25) is 0 Å². The molecule has 3 rings (SSSR count). The summed E-state index contributed by atoms with van der Waals surface area (Å²) in [6, 6.07) is 7.28. The fourth-order valence-electron chi connectivity index (χ4n) is 2.95. The third-order valence-corrected chi connectivity index (χ3v) is 4.10. The molecule has 1 N–H and O–H groups in total. The van der Waals surface area contributed by atoms with E-state index < -0.39 is 0 Å². The van der Waals surface area contributed by atoms with Crippen molar-refractivity contribution in [2.45, 2.75) is 32.7 Å². The quantitative estimate of drug-likeness (QED) is 0.860. The highest BCUT2D eigenvalue weighted by Gasteiger charge is 2.39. The van der Waals surface area contributed by atoms with Crippen LogP contribution in [0.5, 0.6) is 5.75 Å². The number of rotatable bonds is 4. The summed E-state index contributed by atoms with van der Waals surface area (Å²) in [7, 11) is 0. The SMILES string of the molecule is CCNC(c1ccc2c(c1)CCO2)C1CC1C. The Balaban J connectivity index is 1.85. The van der Waals surface area contributed by atoms with E-state index in [0.29, 0.717) is 6.04 Å². The number of benzene rings is 1. The van der Waals surface area contributed by atoms with E-state index in [2.05, 4.69) is 37.4 Å². The van der Waals surface area contributed by atoms with Crippen LogP contribution in [0.3, 0.4) is 0 Å². The lowest BCUT2D eigenvalue weighted by Gasteiger charge is -2.19. The zero-order valence-corrected chi connectivity index (χ0v) is 10.7. The summed E-state index contributed by atoms with van der Waals surface area (Å²) in [5.41, 5.74) is 2.84. The summed E-state index contributed by atoms with van der Waals surface area (Å²) in [5.74, 6) is 2.80. The fourth-order valence-corrected chi connectivity index (χ4v) is 2.95. The molecule has 2 aliphatic rings. The average molecular weight is 231 g/mol. The minimum Gasteiger partial charge on any atom is -0.493 e. The summed E-state index contributed by atoms with van der Waals surface area (Å²) in [6.07, 6.45) is 2.44. The fraction of sp³-hybridized carbons (Fsp3) is 0.600. The molecule has 1 saturated carbocycles. The van der Waals surface area contributed by atoms with Crippen molar-refractivity contribution in [1.82, 2.24) is 5.32 Å². The third-order valence-electron chi connectivity index (χ3n) is 4.10. The van der Waals surface area contributed by atoms with Crippen LogP contribution in [0.4, 0.5) is 0 Å². The van der Waals surface area contributed by atoms with Gasteiger partial charge in [0, 0.05) is 12.5 Å². The van der Waals surface area contributed by atoms with Gasteiger partial charge in [0.25, 0.3) is 0 Å². The normalized spacial score (nSPS) is 27.4. The van der Waals surface area contributed by atoms with Gasteiger partial charge in [0.05, 0.1) is 6.61 Å². The van der Waals surface area contributed by atoms with Crippen LogP contribution < -0.4 is 10.1 Å². The van der Waals surface area contributed by atoms with Gasteiger partial charge in [-0.1, -0.05) is 26.0 Å². The second kappa shape index (κ2) is 4.34. The number of fused-ring (bicyclic) bond motifs is 1. The first kappa shape index (κ1) is 11.1. The molecule has 2 nitrogen and oxygen atoms in total. The largest absolute Gasteiger partial charge is 0.493 e. The number of nitrogens with one attached hydrogen (secondary N) is 1. The molecule has 1 aliphatic carbocycles. The maximum absolute atomic E-state index is 5.57. The lowest BCUT2D eigenvalue weighted by atomic mass is 9.98. The van der Waals surface area contributed by atoms with Gasteiger partial charge in [0.2, 0.25) is 0 Å². The maximum Gasteiger partial charge on any atom is 0.122 e. The van der Waals surface area contributed by atoms with E-state index in [9.17, 15) is 0 Å². The molecule has 3 unspecified atom stereocenters. The molecular weight excluding hydrogens is 210 g/mol. The molecular formula is C15H21NO. The van der Waals surface area contributed by atoms with Crippen LogP contribution in [-0.4, -0.2) is 13.2 Å². The second-order valence-electron chi connectivity index (χ2n) is 5.38. The van der Waals surface area contributed by atoms with Gasteiger partial charge in [-0.2, -0.15) is 0 Å². The van der Waals surface area contributed by atoms with E-state index in [0.717, 1.165) is 37.2 Å². The Morgan fingerprint density at radius 3 is 3.00 bits per heavy atom. The first-order valence-corrected chi connectivity index (χ1v) is 6.78. The van der Waals surface area contributed by atoms with Crippen molar-refractivity contribution in [1.29, 1.82) is 0 Å². The highest BCUT2D eigenvalue weighted by molar-refractivity contribution is 5.41. The average Bonchev–Trinajstić information content (AvgIpc) is 2.88. The number of ether oxygens (including phenoxy) is 1. The molecule has 0 amide bonds. The van der Waals surface area contributed by atoms with E-state index in [1.807, 2.05) is 0 Å². The number of hydrogen-bond donors (Lipinski definition) is 1. The van der Waals surface area contributed by atoms with Crippen molar-refractivity contribution in [3.05, 3.63) is 29.3 Å². The first-order valence-electron chi connectivity index (χ1n) is 6.78. The lowest BCUT2D eigenvalue weighted by molar-refractivity contribution is 0.356. The maximum atomic E-state index is 5.57. The minimum absolute atomic E-state index is 0.542. The zero-order valence-electron chi connectivity index (χ0n) is 10.7. The molecule has 0 aromatic heterocycles.